The minimum absolute atomic E-state index is 0.0516. The molecule has 1 atom stereocenters. The summed E-state index contributed by atoms with van der Waals surface area (Å²) in [6, 6.07) is 6.49. The van der Waals surface area contributed by atoms with Crippen molar-refractivity contribution in [1.29, 1.82) is 5.26 Å². The zero-order valence-electron chi connectivity index (χ0n) is 18.3. The van der Waals surface area contributed by atoms with E-state index in [4.69, 9.17) is 5.14 Å². The maximum atomic E-state index is 14.9. The zero-order valence-corrected chi connectivity index (χ0v) is 19.9. The molecule has 0 spiro atoms. The number of nitrogens with zero attached hydrogens (tertiary/aromatic N) is 1. The number of nitrogens with one attached hydrogen (secondary N) is 1. The van der Waals surface area contributed by atoms with Crippen LogP contribution in [-0.2, 0) is 33.1 Å². The zero-order chi connectivity index (χ0) is 24.7. The molecule has 176 valence electrons. The highest BCUT2D eigenvalue weighted by atomic mass is 32.2. The topological polar surface area (TPSA) is 150 Å². The predicted octanol–water partition coefficient (Wildman–Crippen LogP) is 2.48. The highest BCUT2D eigenvalue weighted by Crippen LogP contribution is 2.37. The Kier molecular flexibility index (Phi) is 6.68. The number of allylic oxidation sites excluding steroid dienone is 2. The van der Waals surface area contributed by atoms with Crippen LogP contribution in [0.4, 0.5) is 4.39 Å². The number of hydrogen-bond donors (Lipinski definition) is 3. The number of hydrogen-bond acceptors (Lipinski definition) is 6. The third-order valence-electron chi connectivity index (χ3n) is 5.54. The maximum Gasteiger partial charge on any atom is 0.262 e. The summed E-state index contributed by atoms with van der Waals surface area (Å²) in [5, 5.41) is 24.0. The number of nitrogens with two attached hydrogens (primary N) is 1. The molecule has 4 N–H and O–H groups in total. The predicted molar refractivity (Wildman–Crippen MR) is 119 cm³/mol. The Labute approximate surface area is 192 Å². The van der Waals surface area contributed by atoms with Crippen molar-refractivity contribution in [1.82, 2.24) is 4.72 Å². The molecule has 1 unspecified atom stereocenters. The van der Waals surface area contributed by atoms with Crippen LogP contribution in [0.3, 0.4) is 0 Å². The average molecular weight is 494 g/mol. The largest absolute Gasteiger partial charge is 0.392 e. The van der Waals surface area contributed by atoms with E-state index in [1.54, 1.807) is 19.9 Å². The fourth-order valence-corrected chi connectivity index (χ4v) is 5.96. The lowest BCUT2D eigenvalue weighted by Crippen LogP contribution is -2.28. The van der Waals surface area contributed by atoms with E-state index in [1.807, 2.05) is 13.0 Å². The van der Waals surface area contributed by atoms with E-state index in [-0.39, 0.29) is 39.2 Å². The van der Waals surface area contributed by atoms with Crippen molar-refractivity contribution in [2.24, 2.45) is 5.14 Å². The number of fused-ring (bicyclic) bond motifs is 1. The molecule has 8 nitrogen and oxygen atoms in total. The number of primary sulfonamides is 1. The van der Waals surface area contributed by atoms with Crippen LogP contribution in [0.15, 0.2) is 45.8 Å². The number of sulfonamides is 2. The van der Waals surface area contributed by atoms with Crippen molar-refractivity contribution < 1.29 is 26.3 Å². The van der Waals surface area contributed by atoms with E-state index in [1.165, 1.54) is 6.07 Å². The van der Waals surface area contributed by atoms with Gasteiger partial charge in [0, 0.05) is 18.0 Å². The van der Waals surface area contributed by atoms with Gasteiger partial charge in [-0.05, 0) is 52.4 Å². The van der Waals surface area contributed by atoms with Gasteiger partial charge in [0.25, 0.3) is 10.0 Å². The van der Waals surface area contributed by atoms with Gasteiger partial charge in [-0.3, -0.25) is 4.72 Å². The number of aliphatic hydroxyl groups excluding tert-OH is 1. The van der Waals surface area contributed by atoms with Crippen LogP contribution in [-0.4, -0.2) is 21.9 Å². The van der Waals surface area contributed by atoms with Crippen molar-refractivity contribution in [3.8, 4) is 6.07 Å². The van der Waals surface area contributed by atoms with Crippen LogP contribution in [0.2, 0.25) is 0 Å². The van der Waals surface area contributed by atoms with Gasteiger partial charge >= 0.3 is 0 Å². The van der Waals surface area contributed by atoms with Crippen molar-refractivity contribution in [2.45, 2.75) is 55.4 Å². The van der Waals surface area contributed by atoms with E-state index < -0.39 is 32.5 Å². The van der Waals surface area contributed by atoms with Crippen LogP contribution in [0, 0.1) is 17.1 Å². The first kappa shape index (κ1) is 24.9. The fourth-order valence-electron chi connectivity index (χ4n) is 4.08. The summed E-state index contributed by atoms with van der Waals surface area (Å²) in [4.78, 5) is -0.623. The molecule has 0 bridgehead atoms. The van der Waals surface area contributed by atoms with Crippen molar-refractivity contribution in [2.75, 3.05) is 0 Å². The van der Waals surface area contributed by atoms with Gasteiger partial charge in [-0.2, -0.15) is 5.26 Å². The molecule has 1 aliphatic rings. The fraction of sp³-hybridized carbons (Fsp3) is 0.318. The molecule has 1 aliphatic carbocycles. The SMILES string of the molecule is CC(C)c1c(F)c(C#N)cc2c1CC(NS(=O)(=O)c1ccc(S(N)(=O)=O)cc1CO)=CC2C. The van der Waals surface area contributed by atoms with E-state index in [9.17, 15) is 31.6 Å². The second kappa shape index (κ2) is 8.87. The summed E-state index contributed by atoms with van der Waals surface area (Å²) in [5.41, 5.74) is 1.87. The molecule has 11 heteroatoms. The van der Waals surface area contributed by atoms with Crippen LogP contribution in [0.1, 0.15) is 60.4 Å². The summed E-state index contributed by atoms with van der Waals surface area (Å²) in [6.07, 6.45) is 1.78. The van der Waals surface area contributed by atoms with Crippen molar-refractivity contribution >= 4 is 20.0 Å². The van der Waals surface area contributed by atoms with E-state index in [2.05, 4.69) is 4.72 Å². The number of rotatable bonds is 6. The third-order valence-corrected chi connectivity index (χ3v) is 7.96. The third kappa shape index (κ3) is 4.79. The minimum Gasteiger partial charge on any atom is -0.392 e. The van der Waals surface area contributed by atoms with Gasteiger partial charge in [0.2, 0.25) is 10.0 Å². The first-order chi connectivity index (χ1) is 15.3. The van der Waals surface area contributed by atoms with Gasteiger partial charge in [0.1, 0.15) is 11.9 Å². The van der Waals surface area contributed by atoms with Gasteiger partial charge in [0.15, 0.2) is 0 Å². The molecule has 2 aromatic carbocycles. The molecule has 0 heterocycles. The van der Waals surface area contributed by atoms with E-state index >= 15 is 0 Å². The number of halogens is 1. The number of aliphatic hydroxyl groups is 1. The maximum absolute atomic E-state index is 14.9. The minimum atomic E-state index is -4.21. The Morgan fingerprint density at radius 3 is 2.48 bits per heavy atom. The first-order valence-electron chi connectivity index (χ1n) is 10.1. The average Bonchev–Trinajstić information content (AvgIpc) is 2.71. The molecule has 0 radical (unpaired) electrons. The Bertz CT molecular complexity index is 1410. The Balaban J connectivity index is 2.04. The standard InChI is InChI=1S/C22H24FN3O5S2/c1-12(2)21-19-9-16(6-13(3)18(19)8-14(10-24)22(21)23)26-33(30,31)20-5-4-17(32(25,28)29)7-15(20)11-27/h4-8,12-13,26-27H,9,11H2,1-3H3,(H2,25,28,29). The second-order valence-electron chi connectivity index (χ2n) is 8.22. The first-order valence-corrected chi connectivity index (χ1v) is 13.1. The highest BCUT2D eigenvalue weighted by Gasteiger charge is 2.29. The Morgan fingerprint density at radius 2 is 1.94 bits per heavy atom. The summed E-state index contributed by atoms with van der Waals surface area (Å²) in [6.45, 7) is 4.69. The normalized spacial score (nSPS) is 16.2. The van der Waals surface area contributed by atoms with Crippen LogP contribution >= 0.6 is 0 Å². The molecule has 0 aliphatic heterocycles. The molecule has 2 aromatic rings. The van der Waals surface area contributed by atoms with Gasteiger partial charge in [-0.1, -0.05) is 26.8 Å². The second-order valence-corrected chi connectivity index (χ2v) is 11.4. The molecule has 0 saturated carbocycles. The van der Waals surface area contributed by atoms with Crippen molar-refractivity contribution in [3.63, 3.8) is 0 Å². The lowest BCUT2D eigenvalue weighted by atomic mass is 9.80. The molecular weight excluding hydrogens is 469 g/mol. The Hall–Kier alpha value is -2.78. The van der Waals surface area contributed by atoms with Crippen LogP contribution in [0.5, 0.6) is 0 Å². The van der Waals surface area contributed by atoms with Crippen molar-refractivity contribution in [3.05, 3.63) is 69.7 Å². The van der Waals surface area contributed by atoms with Gasteiger partial charge in [-0.15, -0.1) is 0 Å². The number of benzene rings is 2. The summed E-state index contributed by atoms with van der Waals surface area (Å²) < 4.78 is 66.7. The molecule has 3 rings (SSSR count). The Morgan fingerprint density at radius 1 is 1.27 bits per heavy atom. The van der Waals surface area contributed by atoms with Gasteiger partial charge in [-0.25, -0.2) is 26.4 Å². The molecular formula is C22H24FN3O5S2. The lowest BCUT2D eigenvalue weighted by Gasteiger charge is -2.27. The quantitative estimate of drug-likeness (QED) is 0.562. The molecule has 0 aromatic heterocycles. The molecule has 0 amide bonds. The van der Waals surface area contributed by atoms with Gasteiger partial charge < -0.3 is 5.11 Å². The van der Waals surface area contributed by atoms with E-state index in [0.717, 1.165) is 23.8 Å². The number of nitriles is 1. The molecule has 33 heavy (non-hydrogen) atoms. The smallest absolute Gasteiger partial charge is 0.262 e. The summed E-state index contributed by atoms with van der Waals surface area (Å²) in [7, 11) is -8.29. The summed E-state index contributed by atoms with van der Waals surface area (Å²) in [5.74, 6) is -1.13. The van der Waals surface area contributed by atoms with E-state index in [0.29, 0.717) is 16.8 Å². The van der Waals surface area contributed by atoms with Crippen LogP contribution < -0.4 is 9.86 Å². The summed E-state index contributed by atoms with van der Waals surface area (Å²) >= 11 is 0. The lowest BCUT2D eigenvalue weighted by molar-refractivity contribution is 0.278. The monoisotopic (exact) mass is 493 g/mol. The molecule has 0 saturated heterocycles. The van der Waals surface area contributed by atoms with Crippen LogP contribution in [0.25, 0.3) is 0 Å². The highest BCUT2D eigenvalue weighted by molar-refractivity contribution is 7.90. The molecule has 0 fully saturated rings. The van der Waals surface area contributed by atoms with Gasteiger partial charge in [0.05, 0.1) is 22.0 Å².